The van der Waals surface area contributed by atoms with Crippen LogP contribution in [0.5, 0.6) is 0 Å². The average Bonchev–Trinajstić information content (AvgIpc) is 2.93. The first-order valence-corrected chi connectivity index (χ1v) is 9.49. The number of nitrogens with zero attached hydrogens (tertiary/aromatic N) is 1. The van der Waals surface area contributed by atoms with Crippen LogP contribution in [0.2, 0.25) is 15.1 Å². The fourth-order valence-electron chi connectivity index (χ4n) is 3.29. The molecule has 0 aliphatic carbocycles. The normalized spacial score (nSPS) is 23.1. The minimum Gasteiger partial charge on any atom is -0.206 e. The van der Waals surface area contributed by atoms with E-state index in [2.05, 4.69) is 15.9 Å². The van der Waals surface area contributed by atoms with Crippen LogP contribution in [-0.2, 0) is 5.41 Å². The fourth-order valence-corrected chi connectivity index (χ4v) is 4.28. The van der Waals surface area contributed by atoms with Crippen LogP contribution in [0, 0.1) is 10.7 Å². The number of benzene rings is 2. The Morgan fingerprint density at radius 3 is 2.22 bits per heavy atom. The first kappa shape index (κ1) is 20.8. The van der Waals surface area contributed by atoms with Crippen molar-refractivity contribution in [2.75, 3.05) is 6.54 Å². The first-order valence-electron chi connectivity index (χ1n) is 7.57. The molecule has 1 aliphatic heterocycles. The summed E-state index contributed by atoms with van der Waals surface area (Å²) in [6.45, 7) is -0.843. The van der Waals surface area contributed by atoms with Crippen molar-refractivity contribution >= 4 is 50.7 Å². The molecule has 3 rings (SSSR count). The molecule has 27 heavy (non-hydrogen) atoms. The highest BCUT2D eigenvalue weighted by atomic mass is 79.9. The van der Waals surface area contributed by atoms with Crippen molar-refractivity contribution in [3.05, 3.63) is 71.7 Å². The second kappa shape index (κ2) is 7.17. The van der Waals surface area contributed by atoms with Crippen LogP contribution < -0.4 is 0 Å². The van der Waals surface area contributed by atoms with Crippen molar-refractivity contribution < 1.29 is 22.3 Å². The molecule has 2 nitrogen and oxygen atoms in total. The van der Waals surface area contributed by atoms with Gasteiger partial charge >= 0.3 is 6.18 Å². The Kier molecular flexibility index (Phi) is 5.53. The van der Waals surface area contributed by atoms with Crippen molar-refractivity contribution in [1.29, 1.82) is 0 Å². The molecule has 0 radical (unpaired) electrons. The predicted molar refractivity (Wildman–Crippen MR) is 99.2 cm³/mol. The van der Waals surface area contributed by atoms with Gasteiger partial charge in [-0.2, -0.15) is 13.2 Å². The maximum atomic E-state index is 14.1. The summed E-state index contributed by atoms with van der Waals surface area (Å²) >= 11 is 20.7. The van der Waals surface area contributed by atoms with Crippen LogP contribution in [0.15, 0.2) is 34.8 Å². The molecule has 10 heteroatoms. The molecule has 2 unspecified atom stereocenters. The summed E-state index contributed by atoms with van der Waals surface area (Å²) in [7, 11) is 0. The Balaban J connectivity index is 2.12. The van der Waals surface area contributed by atoms with E-state index in [4.69, 9.17) is 34.8 Å². The summed E-state index contributed by atoms with van der Waals surface area (Å²) in [4.78, 5) is 12.5. The van der Waals surface area contributed by atoms with Crippen LogP contribution in [0.1, 0.15) is 23.6 Å². The van der Waals surface area contributed by atoms with E-state index in [0.717, 1.165) is 18.2 Å². The van der Waals surface area contributed by atoms with Gasteiger partial charge in [-0.25, -0.2) is 4.39 Å². The van der Waals surface area contributed by atoms with Gasteiger partial charge in [0, 0.05) is 21.7 Å². The fraction of sp³-hybridized carbons (Fsp3) is 0.294. The lowest BCUT2D eigenvalue weighted by atomic mass is 9.77. The number of alkyl halides is 3. The Morgan fingerprint density at radius 1 is 1.11 bits per heavy atom. The monoisotopic (exact) mass is 504 g/mol. The van der Waals surface area contributed by atoms with Crippen LogP contribution in [0.3, 0.4) is 0 Å². The van der Waals surface area contributed by atoms with E-state index in [1.54, 1.807) is 0 Å². The zero-order valence-electron chi connectivity index (χ0n) is 13.3. The highest BCUT2D eigenvalue weighted by Gasteiger charge is 2.67. The smallest absolute Gasteiger partial charge is 0.206 e. The first-order chi connectivity index (χ1) is 12.5. The molecule has 0 spiro atoms. The van der Waals surface area contributed by atoms with Gasteiger partial charge in [0.1, 0.15) is 5.82 Å². The molecule has 0 bridgehead atoms. The van der Waals surface area contributed by atoms with Crippen molar-refractivity contribution in [2.24, 2.45) is 0 Å². The molecule has 1 aliphatic rings. The Labute approximate surface area is 175 Å². The minimum atomic E-state index is -4.75. The van der Waals surface area contributed by atoms with Crippen LogP contribution in [0.4, 0.5) is 17.6 Å². The summed E-state index contributed by atoms with van der Waals surface area (Å²) in [5.41, 5.74) is -2.45. The van der Waals surface area contributed by atoms with Gasteiger partial charge < -0.3 is 0 Å². The number of hydrogen-bond acceptors (Lipinski definition) is 1. The Morgan fingerprint density at radius 2 is 1.70 bits per heavy atom. The van der Waals surface area contributed by atoms with Gasteiger partial charge in [0.25, 0.3) is 0 Å². The van der Waals surface area contributed by atoms with Gasteiger partial charge in [0.2, 0.25) is 12.6 Å². The van der Waals surface area contributed by atoms with E-state index in [9.17, 15) is 22.5 Å². The van der Waals surface area contributed by atoms with E-state index in [1.807, 2.05) is 0 Å². The summed E-state index contributed by atoms with van der Waals surface area (Å²) < 4.78 is 56.2. The molecule has 0 N–H and O–H groups in total. The van der Waals surface area contributed by atoms with E-state index in [1.165, 1.54) is 12.1 Å². The molecule has 0 saturated carbocycles. The van der Waals surface area contributed by atoms with Gasteiger partial charge in [-0.3, -0.25) is 0 Å². The number of rotatable bonds is 2. The van der Waals surface area contributed by atoms with Gasteiger partial charge in [-0.1, -0.05) is 34.8 Å². The van der Waals surface area contributed by atoms with E-state index < -0.39 is 36.4 Å². The molecule has 2 aromatic carbocycles. The zero-order chi connectivity index (χ0) is 20.1. The van der Waals surface area contributed by atoms with Crippen molar-refractivity contribution in [3.8, 4) is 0 Å². The third-order valence-corrected chi connectivity index (χ3v) is 6.53. The van der Waals surface area contributed by atoms with Crippen LogP contribution in [-0.4, -0.2) is 17.5 Å². The maximum absolute atomic E-state index is 14.1. The van der Waals surface area contributed by atoms with E-state index in [0.29, 0.717) is 4.76 Å². The largest absolute Gasteiger partial charge is 0.404 e. The molecule has 144 valence electrons. The molecule has 1 saturated heterocycles. The van der Waals surface area contributed by atoms with Gasteiger partial charge in [-0.05, 0) is 51.8 Å². The zero-order valence-corrected chi connectivity index (χ0v) is 17.1. The summed E-state index contributed by atoms with van der Waals surface area (Å²) in [6, 6.07) is 4.75. The van der Waals surface area contributed by atoms with Crippen molar-refractivity contribution in [2.45, 2.75) is 24.1 Å². The summed E-state index contributed by atoms with van der Waals surface area (Å²) in [5, 5.41) is -0.322. The van der Waals surface area contributed by atoms with E-state index in [-0.39, 0.29) is 30.7 Å². The third-order valence-electron chi connectivity index (χ3n) is 4.72. The molecule has 1 heterocycles. The van der Waals surface area contributed by atoms with Crippen molar-refractivity contribution in [3.63, 3.8) is 0 Å². The number of halogens is 8. The van der Waals surface area contributed by atoms with Gasteiger partial charge in [0.05, 0.1) is 19.5 Å². The second-order valence-corrected chi connectivity index (χ2v) is 8.35. The predicted octanol–water partition coefficient (Wildman–Crippen LogP) is 7.27. The van der Waals surface area contributed by atoms with Crippen molar-refractivity contribution in [1.82, 2.24) is 0 Å². The molecule has 2 aromatic rings. The second-order valence-electron chi connectivity index (χ2n) is 6.30. The average molecular weight is 507 g/mol. The molecule has 0 aromatic heterocycles. The lowest BCUT2D eigenvalue weighted by molar-refractivity contribution is -0.575. The quantitative estimate of drug-likeness (QED) is 0.238. The van der Waals surface area contributed by atoms with E-state index >= 15 is 0 Å². The molecule has 0 amide bonds. The molecular formula is C17H10BrCl3F4NO+. The standard InChI is InChI=1S/C17H10BrCl3F4NO/c18-10-3-8(1-2-13(10)22)14-6-16(7-26(14)27,17(23,24)25)9-4-11(19)15(21)12(20)5-9/h1-5,14H,6-7H2/q+1. The number of hydrogen-bond donors (Lipinski definition) is 0. The summed E-state index contributed by atoms with van der Waals surface area (Å²) in [5.74, 6) is -0.576. The van der Waals surface area contributed by atoms with Crippen LogP contribution >= 0.6 is 50.7 Å². The highest BCUT2D eigenvalue weighted by molar-refractivity contribution is 9.10. The molecule has 1 fully saturated rings. The van der Waals surface area contributed by atoms with Crippen LogP contribution in [0.25, 0.3) is 0 Å². The minimum absolute atomic E-state index is 0.0598. The highest BCUT2D eigenvalue weighted by Crippen LogP contribution is 2.53. The van der Waals surface area contributed by atoms with Gasteiger partial charge in [0.15, 0.2) is 5.41 Å². The lowest BCUT2D eigenvalue weighted by Crippen LogP contribution is -2.43. The summed E-state index contributed by atoms with van der Waals surface area (Å²) in [6.07, 6.45) is -5.31. The SMILES string of the molecule is O=[N+]1CC(c2cc(Cl)c(Cl)c(Cl)c2)(C(F)(F)F)CC1c1ccc(F)c(Br)c1. The Bertz CT molecular complexity index is 914. The topological polar surface area (TPSA) is 20.1 Å². The van der Waals surface area contributed by atoms with Gasteiger partial charge in [-0.15, -0.1) is 0 Å². The Hall–Kier alpha value is -0.890. The lowest BCUT2D eigenvalue weighted by Gasteiger charge is -2.28. The molecular weight excluding hydrogens is 496 g/mol. The third kappa shape index (κ3) is 3.59. The maximum Gasteiger partial charge on any atom is 0.404 e. The molecule has 2 atom stereocenters. The number of nitroso groups, excluding NO2 is 1.